The maximum Gasteiger partial charge on any atom is 0.235 e. The fourth-order valence-electron chi connectivity index (χ4n) is 2.76. The first kappa shape index (κ1) is 15.0. The lowest BCUT2D eigenvalue weighted by Crippen LogP contribution is -2.21. The van der Waals surface area contributed by atoms with Crippen LogP contribution in [0, 0.1) is 5.82 Å². The van der Waals surface area contributed by atoms with Gasteiger partial charge in [-0.3, -0.25) is 0 Å². The van der Waals surface area contributed by atoms with Gasteiger partial charge in [0.2, 0.25) is 6.08 Å². The molecule has 20 heavy (non-hydrogen) atoms. The van der Waals surface area contributed by atoms with Gasteiger partial charge in [0.1, 0.15) is 11.4 Å². The number of rotatable bonds is 4. The molecule has 0 amide bonds. The Hall–Kier alpha value is -1.39. The zero-order chi connectivity index (χ0) is 14.8. The van der Waals surface area contributed by atoms with Crippen molar-refractivity contribution in [2.24, 2.45) is 4.99 Å². The molecule has 0 aromatic heterocycles. The van der Waals surface area contributed by atoms with E-state index in [1.807, 2.05) is 0 Å². The Morgan fingerprint density at radius 2 is 2.00 bits per heavy atom. The van der Waals surface area contributed by atoms with Crippen LogP contribution in [0.25, 0.3) is 0 Å². The van der Waals surface area contributed by atoms with Gasteiger partial charge in [0.25, 0.3) is 0 Å². The third-order valence-corrected chi connectivity index (χ3v) is 4.45. The SMILES string of the molecule is COc1cc(C2(N=C=O)CCCC2)c(F)c(Br)c1OC. The van der Waals surface area contributed by atoms with Gasteiger partial charge in [-0.2, -0.15) is 4.99 Å². The van der Waals surface area contributed by atoms with Gasteiger partial charge in [0, 0.05) is 5.56 Å². The quantitative estimate of drug-likeness (QED) is 0.618. The van der Waals surface area contributed by atoms with E-state index in [1.165, 1.54) is 14.2 Å². The summed E-state index contributed by atoms with van der Waals surface area (Å²) in [6, 6.07) is 1.56. The van der Waals surface area contributed by atoms with Gasteiger partial charge in [-0.15, -0.1) is 0 Å². The van der Waals surface area contributed by atoms with Crippen LogP contribution in [0.15, 0.2) is 15.5 Å². The monoisotopic (exact) mass is 343 g/mol. The Bertz CT molecular complexity index is 564. The van der Waals surface area contributed by atoms with Crippen LogP contribution in [0.3, 0.4) is 0 Å². The van der Waals surface area contributed by atoms with E-state index in [4.69, 9.17) is 9.47 Å². The third-order valence-electron chi connectivity index (χ3n) is 3.74. The molecule has 0 radical (unpaired) electrons. The molecule has 4 nitrogen and oxygen atoms in total. The molecular formula is C14H15BrFNO3. The molecule has 0 aliphatic heterocycles. The van der Waals surface area contributed by atoms with Crippen LogP contribution in [0.5, 0.6) is 11.5 Å². The number of hydrogen-bond donors (Lipinski definition) is 0. The second-order valence-corrected chi connectivity index (χ2v) is 5.52. The van der Waals surface area contributed by atoms with Gasteiger partial charge >= 0.3 is 0 Å². The number of nitrogens with zero attached hydrogens (tertiary/aromatic N) is 1. The predicted octanol–water partition coefficient (Wildman–Crippen LogP) is 3.71. The highest BCUT2D eigenvalue weighted by Gasteiger charge is 2.39. The third kappa shape index (κ3) is 2.34. The molecule has 1 aliphatic rings. The lowest BCUT2D eigenvalue weighted by molar-refractivity contribution is 0.344. The van der Waals surface area contributed by atoms with Crippen molar-refractivity contribution >= 4 is 22.0 Å². The molecule has 0 spiro atoms. The second-order valence-electron chi connectivity index (χ2n) is 4.73. The van der Waals surface area contributed by atoms with E-state index in [9.17, 15) is 9.18 Å². The molecule has 0 unspecified atom stereocenters. The fraction of sp³-hybridized carbons (Fsp3) is 0.500. The highest BCUT2D eigenvalue weighted by molar-refractivity contribution is 9.10. The van der Waals surface area contributed by atoms with E-state index < -0.39 is 11.4 Å². The molecule has 1 saturated carbocycles. The number of halogens is 2. The van der Waals surface area contributed by atoms with Crippen LogP contribution >= 0.6 is 15.9 Å². The summed E-state index contributed by atoms with van der Waals surface area (Å²) in [6.07, 6.45) is 4.63. The molecule has 108 valence electrons. The van der Waals surface area contributed by atoms with E-state index in [2.05, 4.69) is 20.9 Å². The molecule has 1 fully saturated rings. The van der Waals surface area contributed by atoms with Crippen LogP contribution in [0.4, 0.5) is 4.39 Å². The number of carbonyl (C=O) groups excluding carboxylic acids is 1. The molecule has 1 aromatic carbocycles. The first-order valence-corrected chi connectivity index (χ1v) is 7.08. The van der Waals surface area contributed by atoms with Crippen LogP contribution in [-0.4, -0.2) is 20.3 Å². The molecule has 1 aliphatic carbocycles. The van der Waals surface area contributed by atoms with Gasteiger partial charge < -0.3 is 9.47 Å². The van der Waals surface area contributed by atoms with Crippen LogP contribution in [-0.2, 0) is 10.3 Å². The molecule has 1 aromatic rings. The number of benzene rings is 1. The normalized spacial score (nSPS) is 16.6. The number of ether oxygens (including phenoxy) is 2. The summed E-state index contributed by atoms with van der Waals surface area (Å²) in [5.41, 5.74) is -0.489. The molecule has 0 heterocycles. The molecular weight excluding hydrogens is 329 g/mol. The smallest absolute Gasteiger partial charge is 0.235 e. The van der Waals surface area contributed by atoms with E-state index in [-0.39, 0.29) is 10.2 Å². The topological polar surface area (TPSA) is 47.9 Å². The zero-order valence-electron chi connectivity index (χ0n) is 11.3. The van der Waals surface area contributed by atoms with E-state index in [1.54, 1.807) is 12.1 Å². The summed E-state index contributed by atoms with van der Waals surface area (Å²) in [4.78, 5) is 14.6. The molecule has 0 saturated heterocycles. The maximum absolute atomic E-state index is 14.6. The van der Waals surface area contributed by atoms with Gasteiger partial charge in [-0.25, -0.2) is 9.18 Å². The Balaban J connectivity index is 2.67. The minimum Gasteiger partial charge on any atom is -0.493 e. The minimum absolute atomic E-state index is 0.182. The number of aliphatic imine (C=N–C) groups is 1. The molecule has 6 heteroatoms. The van der Waals surface area contributed by atoms with Gasteiger partial charge in [0.15, 0.2) is 11.5 Å². The summed E-state index contributed by atoms with van der Waals surface area (Å²) in [7, 11) is 2.92. The Morgan fingerprint density at radius 1 is 1.35 bits per heavy atom. The average Bonchev–Trinajstić information content (AvgIpc) is 2.91. The Morgan fingerprint density at radius 3 is 2.50 bits per heavy atom. The van der Waals surface area contributed by atoms with Crippen LogP contribution < -0.4 is 9.47 Å². The van der Waals surface area contributed by atoms with Crippen molar-refractivity contribution in [3.63, 3.8) is 0 Å². The van der Waals surface area contributed by atoms with Crippen molar-refractivity contribution in [3.8, 4) is 11.5 Å². The average molecular weight is 344 g/mol. The van der Waals surface area contributed by atoms with Gasteiger partial charge in [-0.1, -0.05) is 12.8 Å². The fourth-order valence-corrected chi connectivity index (χ4v) is 3.33. The van der Waals surface area contributed by atoms with Crippen molar-refractivity contribution < 1.29 is 18.7 Å². The lowest BCUT2D eigenvalue weighted by atomic mass is 9.88. The van der Waals surface area contributed by atoms with Crippen molar-refractivity contribution in [1.82, 2.24) is 0 Å². The highest BCUT2D eigenvalue weighted by Crippen LogP contribution is 2.48. The van der Waals surface area contributed by atoms with Crippen molar-refractivity contribution in [2.45, 2.75) is 31.2 Å². The molecule has 0 atom stereocenters. The number of hydrogen-bond acceptors (Lipinski definition) is 4. The number of methoxy groups -OCH3 is 2. The standard InChI is InChI=1S/C14H15BrFNO3/c1-19-10-7-9(12(16)11(15)13(10)20-2)14(17-8-18)5-3-4-6-14/h7H,3-6H2,1-2H3. The first-order chi connectivity index (χ1) is 9.59. The Labute approximate surface area is 125 Å². The van der Waals surface area contributed by atoms with Gasteiger partial charge in [0.05, 0.1) is 18.7 Å². The first-order valence-electron chi connectivity index (χ1n) is 6.29. The highest BCUT2D eigenvalue weighted by atomic mass is 79.9. The van der Waals surface area contributed by atoms with Crippen molar-refractivity contribution in [3.05, 3.63) is 21.9 Å². The van der Waals surface area contributed by atoms with E-state index in [0.717, 1.165) is 12.8 Å². The summed E-state index contributed by atoms with van der Waals surface area (Å²) < 4.78 is 25.2. The van der Waals surface area contributed by atoms with E-state index >= 15 is 0 Å². The largest absolute Gasteiger partial charge is 0.493 e. The molecule has 0 bridgehead atoms. The second kappa shape index (κ2) is 5.94. The summed E-state index contributed by atoms with van der Waals surface area (Å²) in [6.45, 7) is 0. The van der Waals surface area contributed by atoms with Crippen molar-refractivity contribution in [2.75, 3.05) is 14.2 Å². The Kier molecular flexibility index (Phi) is 4.45. The van der Waals surface area contributed by atoms with Crippen LogP contribution in [0.1, 0.15) is 31.2 Å². The predicted molar refractivity (Wildman–Crippen MR) is 75.5 cm³/mol. The zero-order valence-corrected chi connectivity index (χ0v) is 12.9. The summed E-state index contributed by atoms with van der Waals surface area (Å²) >= 11 is 3.19. The molecule has 2 rings (SSSR count). The van der Waals surface area contributed by atoms with Crippen LogP contribution in [0.2, 0.25) is 0 Å². The lowest BCUT2D eigenvalue weighted by Gasteiger charge is -2.25. The summed E-state index contributed by atoms with van der Waals surface area (Å²) in [5.74, 6) is 0.226. The molecule has 0 N–H and O–H groups in total. The van der Waals surface area contributed by atoms with Crippen molar-refractivity contribution in [1.29, 1.82) is 0 Å². The summed E-state index contributed by atoms with van der Waals surface area (Å²) in [5, 5.41) is 0. The number of isocyanates is 1. The maximum atomic E-state index is 14.6. The van der Waals surface area contributed by atoms with E-state index in [0.29, 0.717) is 24.2 Å². The van der Waals surface area contributed by atoms with Gasteiger partial charge in [-0.05, 0) is 34.8 Å². The minimum atomic E-state index is -0.839.